The Balaban J connectivity index is 1.82. The summed E-state index contributed by atoms with van der Waals surface area (Å²) in [7, 11) is -2.73. The fourth-order valence-corrected chi connectivity index (χ4v) is 7.92. The monoisotopic (exact) mass is 510 g/mol. The first kappa shape index (κ1) is 24.9. The molecule has 188 valence electrons. The zero-order valence-corrected chi connectivity index (χ0v) is 22.4. The fourth-order valence-electron chi connectivity index (χ4n) is 4.84. The molecule has 1 atom stereocenters. The smallest absolute Gasteiger partial charge is 0.335 e. The van der Waals surface area contributed by atoms with Crippen LogP contribution in [-0.4, -0.2) is 20.8 Å². The highest BCUT2D eigenvalue weighted by atomic mass is 31.2. The van der Waals surface area contributed by atoms with Gasteiger partial charge in [-0.1, -0.05) is 57.2 Å². The van der Waals surface area contributed by atoms with Crippen LogP contribution in [0.15, 0.2) is 102 Å². The molecule has 0 spiro atoms. The summed E-state index contributed by atoms with van der Waals surface area (Å²) >= 11 is 0. The van der Waals surface area contributed by atoms with E-state index >= 15 is 0 Å². The largest absolute Gasteiger partial charge is 0.478 e. The van der Waals surface area contributed by atoms with Crippen LogP contribution in [-0.2, 0) is 6.54 Å². The number of aromatic nitrogens is 1. The van der Waals surface area contributed by atoms with E-state index in [-0.39, 0.29) is 10.7 Å². The normalized spacial score (nSPS) is 13.4. The van der Waals surface area contributed by atoms with Crippen molar-refractivity contribution < 1.29 is 14.4 Å². The molecule has 1 aromatic heterocycles. The topological polar surface area (TPSA) is 63.8 Å². The Kier molecular flexibility index (Phi) is 6.43. The lowest BCUT2D eigenvalue weighted by Gasteiger charge is -2.37. The van der Waals surface area contributed by atoms with Gasteiger partial charge in [0.2, 0.25) is 0 Å². The van der Waals surface area contributed by atoms with E-state index in [0.29, 0.717) is 5.69 Å². The summed E-state index contributed by atoms with van der Waals surface area (Å²) in [6, 6.07) is 31.6. The molecule has 6 heteroatoms. The highest BCUT2D eigenvalue weighted by molar-refractivity contribution is 7.71. The molecular formula is C31H31N2O3P. The van der Waals surface area contributed by atoms with Gasteiger partial charge in [-0.25, -0.2) is 9.54 Å². The van der Waals surface area contributed by atoms with E-state index < -0.39 is 13.3 Å². The molecule has 37 heavy (non-hydrogen) atoms. The van der Waals surface area contributed by atoms with E-state index in [1.54, 1.807) is 24.3 Å². The van der Waals surface area contributed by atoms with Gasteiger partial charge in [-0.2, -0.15) is 0 Å². The van der Waals surface area contributed by atoms with Crippen LogP contribution >= 0.6 is 7.28 Å². The zero-order chi connectivity index (χ0) is 26.2. The third-order valence-corrected chi connectivity index (χ3v) is 10.5. The van der Waals surface area contributed by atoms with Crippen molar-refractivity contribution in [3.8, 4) is 5.75 Å². The van der Waals surface area contributed by atoms with Crippen LogP contribution in [0.5, 0.6) is 5.75 Å². The van der Waals surface area contributed by atoms with Crippen molar-refractivity contribution in [1.29, 1.82) is 0 Å². The third kappa shape index (κ3) is 4.45. The van der Waals surface area contributed by atoms with Crippen LogP contribution in [0.1, 0.15) is 38.1 Å². The molecule has 1 heterocycles. The Bertz CT molecular complexity index is 1650. The number of rotatable bonds is 6. The lowest BCUT2D eigenvalue weighted by atomic mass is 10.1. The number of nitrogens with zero attached hydrogens (tertiary/aromatic N) is 2. The molecule has 0 radical (unpaired) electrons. The van der Waals surface area contributed by atoms with E-state index in [4.69, 9.17) is 9.27 Å². The summed E-state index contributed by atoms with van der Waals surface area (Å²) in [6.45, 7) is 9.54. The van der Waals surface area contributed by atoms with Crippen molar-refractivity contribution in [2.45, 2.75) is 39.4 Å². The minimum Gasteiger partial charge on any atom is -0.478 e. The zero-order valence-electron chi connectivity index (χ0n) is 21.6. The first-order chi connectivity index (χ1) is 17.7. The summed E-state index contributed by atoms with van der Waals surface area (Å²) in [5.41, 5.74) is 3.32. The predicted octanol–water partition coefficient (Wildman–Crippen LogP) is 8.46. The number of hydrogen-bond donors (Lipinski definition) is 1. The minimum atomic E-state index is -2.73. The Morgan fingerprint density at radius 3 is 2.16 bits per heavy atom. The number of para-hydroxylation sites is 2. The number of hydrogen-bond acceptors (Lipinski definition) is 3. The summed E-state index contributed by atoms with van der Waals surface area (Å²) in [6.07, 6.45) is 0. The van der Waals surface area contributed by atoms with E-state index in [9.17, 15) is 9.90 Å². The highest BCUT2D eigenvalue weighted by Crippen LogP contribution is 2.62. The first-order valence-corrected chi connectivity index (χ1v) is 14.1. The second kappa shape index (κ2) is 9.57. The van der Waals surface area contributed by atoms with Crippen LogP contribution in [0.3, 0.4) is 0 Å². The second-order valence-electron chi connectivity index (χ2n) is 10.1. The fraction of sp³-hybridized carbons (Fsp3) is 0.194. The molecule has 0 fully saturated rings. The number of carbonyl (C=O) groups is 1. The average Bonchev–Trinajstić information content (AvgIpc) is 3.21. The molecule has 0 saturated carbocycles. The summed E-state index contributed by atoms with van der Waals surface area (Å²) in [5.74, 6) is -0.200. The van der Waals surface area contributed by atoms with Gasteiger partial charge in [-0.05, 0) is 67.6 Å². The molecule has 0 aliphatic heterocycles. The summed E-state index contributed by atoms with van der Waals surface area (Å²) < 4.78 is 14.6. The molecule has 5 rings (SSSR count). The number of carboxylic acid groups (broad SMARTS) is 1. The van der Waals surface area contributed by atoms with Gasteiger partial charge in [0.05, 0.1) is 11.3 Å². The molecule has 0 bridgehead atoms. The standard InChI is InChI=1S/C31H31N2O3P/c1-5-33-28-14-10-9-13-26(28)27-21-25(19-20-29(27)33)37(31(2,3)4,36-24-11-7-6-8-12-24)32-23-17-15-22(16-18-23)30(34)35/h6-21H,5H2,1-4H3,(H,34,35). The molecule has 5 nitrogen and oxygen atoms in total. The Morgan fingerprint density at radius 2 is 1.51 bits per heavy atom. The van der Waals surface area contributed by atoms with Gasteiger partial charge in [-0.3, -0.25) is 0 Å². The summed E-state index contributed by atoms with van der Waals surface area (Å²) in [4.78, 5) is 11.4. The van der Waals surface area contributed by atoms with E-state index in [1.165, 1.54) is 21.8 Å². The number of carboxylic acids is 1. The van der Waals surface area contributed by atoms with Gasteiger partial charge in [-0.15, -0.1) is 0 Å². The van der Waals surface area contributed by atoms with E-state index in [0.717, 1.165) is 17.6 Å². The maximum atomic E-state index is 11.4. The molecule has 1 unspecified atom stereocenters. The molecule has 1 N–H and O–H groups in total. The Labute approximate surface area is 217 Å². The average molecular weight is 511 g/mol. The molecule has 0 amide bonds. The highest BCUT2D eigenvalue weighted by Gasteiger charge is 2.39. The first-order valence-electron chi connectivity index (χ1n) is 12.5. The van der Waals surface area contributed by atoms with Crippen LogP contribution < -0.4 is 9.83 Å². The number of fused-ring (bicyclic) bond motifs is 3. The SMILES string of the molecule is CCn1c2ccccc2c2cc(P(=Nc3ccc(C(=O)O)cc3)(Oc3ccccc3)C(C)(C)C)ccc21. The van der Waals surface area contributed by atoms with Crippen molar-refractivity contribution in [3.63, 3.8) is 0 Å². The molecular weight excluding hydrogens is 479 g/mol. The van der Waals surface area contributed by atoms with Crippen molar-refractivity contribution in [3.05, 3.63) is 103 Å². The molecule has 4 aromatic carbocycles. The van der Waals surface area contributed by atoms with E-state index in [2.05, 4.69) is 74.7 Å². The van der Waals surface area contributed by atoms with Crippen LogP contribution in [0.2, 0.25) is 0 Å². The molecule has 5 aromatic rings. The van der Waals surface area contributed by atoms with Gasteiger partial charge >= 0.3 is 5.97 Å². The molecule has 0 saturated heterocycles. The maximum absolute atomic E-state index is 11.4. The Hall–Kier alpha value is -3.82. The number of aryl methyl sites for hydroxylation is 1. The summed E-state index contributed by atoms with van der Waals surface area (Å²) in [5, 5.41) is 12.4. The van der Waals surface area contributed by atoms with Gasteiger partial charge in [0.25, 0.3) is 0 Å². The van der Waals surface area contributed by atoms with Crippen LogP contribution in [0.25, 0.3) is 21.8 Å². The van der Waals surface area contributed by atoms with Gasteiger partial charge < -0.3 is 14.2 Å². The number of aromatic carboxylic acids is 1. The van der Waals surface area contributed by atoms with Crippen LogP contribution in [0, 0.1) is 0 Å². The number of benzene rings is 4. The Morgan fingerprint density at radius 1 is 0.865 bits per heavy atom. The van der Waals surface area contributed by atoms with E-state index in [1.807, 2.05) is 30.3 Å². The van der Waals surface area contributed by atoms with Crippen molar-refractivity contribution in [1.82, 2.24) is 4.57 Å². The van der Waals surface area contributed by atoms with Gasteiger partial charge in [0, 0.05) is 38.8 Å². The molecule has 0 aliphatic carbocycles. The predicted molar refractivity (Wildman–Crippen MR) is 154 cm³/mol. The van der Waals surface area contributed by atoms with Gasteiger partial charge in [0.15, 0.2) is 7.28 Å². The third-order valence-electron chi connectivity index (χ3n) is 6.68. The maximum Gasteiger partial charge on any atom is 0.335 e. The van der Waals surface area contributed by atoms with Crippen molar-refractivity contribution >= 4 is 46.0 Å². The minimum absolute atomic E-state index is 0.233. The molecule has 0 aliphatic rings. The van der Waals surface area contributed by atoms with Crippen molar-refractivity contribution in [2.75, 3.05) is 0 Å². The van der Waals surface area contributed by atoms with Crippen LogP contribution in [0.4, 0.5) is 5.69 Å². The van der Waals surface area contributed by atoms with Gasteiger partial charge in [0.1, 0.15) is 5.75 Å². The van der Waals surface area contributed by atoms with Crippen molar-refractivity contribution in [2.24, 2.45) is 4.74 Å². The quantitative estimate of drug-likeness (QED) is 0.233. The lowest BCUT2D eigenvalue weighted by molar-refractivity contribution is 0.0697. The lowest BCUT2D eigenvalue weighted by Crippen LogP contribution is -2.27. The second-order valence-corrected chi connectivity index (χ2v) is 13.5.